The Morgan fingerprint density at radius 2 is 1.96 bits per heavy atom. The maximum Gasteiger partial charge on any atom is 0.322 e. The van der Waals surface area contributed by atoms with Gasteiger partial charge in [-0.3, -0.25) is 4.79 Å². The fraction of sp³-hybridized carbons (Fsp3) is 0.375. The van der Waals surface area contributed by atoms with Gasteiger partial charge >= 0.3 is 5.97 Å². The van der Waals surface area contributed by atoms with Crippen molar-refractivity contribution in [3.05, 3.63) is 41.7 Å². The van der Waals surface area contributed by atoms with Crippen molar-refractivity contribution in [3.8, 4) is 5.69 Å². The second-order valence-corrected chi connectivity index (χ2v) is 7.83. The molecule has 134 valence electrons. The number of nitrogens with one attached hydrogen (secondary N) is 1. The molecular weight excluding hydrogens is 344 g/mol. The summed E-state index contributed by atoms with van der Waals surface area (Å²) in [6, 6.07) is 8.37. The van der Waals surface area contributed by atoms with Gasteiger partial charge in [0, 0.05) is 19.6 Å². The molecule has 1 aliphatic rings. The molecule has 2 heterocycles. The molecule has 1 fully saturated rings. The van der Waals surface area contributed by atoms with Crippen molar-refractivity contribution in [1.82, 2.24) is 19.4 Å². The van der Waals surface area contributed by atoms with E-state index in [4.69, 9.17) is 5.11 Å². The average molecular weight is 364 g/mol. The number of aliphatic carboxylic acids is 1. The number of para-hydroxylation sites is 1. The molecule has 0 unspecified atom stereocenters. The van der Waals surface area contributed by atoms with Crippen molar-refractivity contribution in [3.63, 3.8) is 0 Å². The molecule has 8 nitrogen and oxygen atoms in total. The van der Waals surface area contributed by atoms with Crippen LogP contribution in [0.3, 0.4) is 0 Å². The summed E-state index contributed by atoms with van der Waals surface area (Å²) in [6.07, 6.45) is 0. The predicted molar refractivity (Wildman–Crippen MR) is 91.2 cm³/mol. The summed E-state index contributed by atoms with van der Waals surface area (Å²) in [5, 5.41) is 16.3. The fourth-order valence-electron chi connectivity index (χ4n) is 3.06. The maximum atomic E-state index is 13.1. The normalized spacial score (nSPS) is 19.0. The lowest BCUT2D eigenvalue weighted by molar-refractivity contribution is -0.140. The summed E-state index contributed by atoms with van der Waals surface area (Å²) in [5.74, 6) is -1.06. The highest BCUT2D eigenvalue weighted by atomic mass is 32.2. The lowest BCUT2D eigenvalue weighted by atomic mass is 10.2. The van der Waals surface area contributed by atoms with Crippen LogP contribution in [0.1, 0.15) is 11.4 Å². The number of benzene rings is 1. The van der Waals surface area contributed by atoms with Crippen LogP contribution in [0, 0.1) is 13.8 Å². The van der Waals surface area contributed by atoms with Crippen molar-refractivity contribution in [2.24, 2.45) is 0 Å². The molecule has 0 saturated carbocycles. The highest BCUT2D eigenvalue weighted by molar-refractivity contribution is 7.89. The number of hydrogen-bond donors (Lipinski definition) is 2. The number of carboxylic acids is 1. The van der Waals surface area contributed by atoms with Gasteiger partial charge in [-0.2, -0.15) is 9.40 Å². The minimum absolute atomic E-state index is 0.104. The Hall–Kier alpha value is -2.23. The molecule has 3 rings (SSSR count). The Morgan fingerprint density at radius 1 is 1.28 bits per heavy atom. The smallest absolute Gasteiger partial charge is 0.322 e. The van der Waals surface area contributed by atoms with Gasteiger partial charge in [0.15, 0.2) is 0 Å². The lowest BCUT2D eigenvalue weighted by Gasteiger charge is -2.30. The molecule has 0 radical (unpaired) electrons. The average Bonchev–Trinajstić information content (AvgIpc) is 2.91. The van der Waals surface area contributed by atoms with Gasteiger partial charge in [0.1, 0.15) is 10.9 Å². The number of aryl methyl sites for hydroxylation is 1. The van der Waals surface area contributed by atoms with E-state index in [1.165, 1.54) is 4.31 Å². The van der Waals surface area contributed by atoms with Crippen LogP contribution in [0.25, 0.3) is 5.69 Å². The van der Waals surface area contributed by atoms with E-state index in [1.54, 1.807) is 18.5 Å². The zero-order valence-corrected chi connectivity index (χ0v) is 14.8. The molecule has 0 spiro atoms. The van der Waals surface area contributed by atoms with Crippen LogP contribution in [-0.4, -0.2) is 59.3 Å². The molecule has 1 aromatic heterocycles. The van der Waals surface area contributed by atoms with Crippen LogP contribution in [0.4, 0.5) is 0 Å². The van der Waals surface area contributed by atoms with E-state index in [1.807, 2.05) is 30.3 Å². The standard InChI is InChI=1S/C16H20N4O4S/c1-11-15(12(2)20(18-11)13-6-4-3-5-7-13)25(23,24)19-9-8-17-14(10-19)16(21)22/h3-7,14,17H,8-10H2,1-2H3,(H,21,22)/t14-/m1/s1. The summed E-state index contributed by atoms with van der Waals surface area (Å²) in [4.78, 5) is 11.3. The van der Waals surface area contributed by atoms with E-state index in [0.717, 1.165) is 5.69 Å². The highest BCUT2D eigenvalue weighted by Crippen LogP contribution is 2.26. The topological polar surface area (TPSA) is 105 Å². The summed E-state index contributed by atoms with van der Waals surface area (Å²) in [7, 11) is -3.83. The first kappa shape index (κ1) is 17.6. The number of sulfonamides is 1. The third-order valence-corrected chi connectivity index (χ3v) is 6.38. The molecule has 1 atom stereocenters. The van der Waals surface area contributed by atoms with E-state index in [2.05, 4.69) is 10.4 Å². The Labute approximate surface area is 146 Å². The van der Waals surface area contributed by atoms with Crippen molar-refractivity contribution in [2.45, 2.75) is 24.8 Å². The molecular formula is C16H20N4O4S. The van der Waals surface area contributed by atoms with E-state index in [9.17, 15) is 13.2 Å². The van der Waals surface area contributed by atoms with Gasteiger partial charge in [-0.25, -0.2) is 13.1 Å². The maximum absolute atomic E-state index is 13.1. The van der Waals surface area contributed by atoms with Crippen molar-refractivity contribution in [1.29, 1.82) is 0 Å². The monoisotopic (exact) mass is 364 g/mol. The number of rotatable bonds is 4. The number of aromatic nitrogens is 2. The van der Waals surface area contributed by atoms with E-state index < -0.39 is 22.0 Å². The molecule has 1 aliphatic heterocycles. The number of piperazine rings is 1. The molecule has 2 N–H and O–H groups in total. The van der Waals surface area contributed by atoms with Gasteiger partial charge in [0.25, 0.3) is 0 Å². The Morgan fingerprint density at radius 3 is 2.60 bits per heavy atom. The van der Waals surface area contributed by atoms with Gasteiger partial charge in [0.2, 0.25) is 10.0 Å². The predicted octanol–water partition coefficient (Wildman–Crippen LogP) is 0.536. The van der Waals surface area contributed by atoms with Crippen molar-refractivity contribution < 1.29 is 18.3 Å². The molecule has 0 bridgehead atoms. The summed E-state index contributed by atoms with van der Waals surface area (Å²) < 4.78 is 29.0. The van der Waals surface area contributed by atoms with Gasteiger partial charge in [0.05, 0.1) is 17.1 Å². The first-order valence-electron chi connectivity index (χ1n) is 7.90. The lowest BCUT2D eigenvalue weighted by Crippen LogP contribution is -2.55. The van der Waals surface area contributed by atoms with Gasteiger partial charge in [-0.05, 0) is 26.0 Å². The summed E-state index contributed by atoms with van der Waals surface area (Å²) in [5.41, 5.74) is 1.68. The van der Waals surface area contributed by atoms with E-state index in [0.29, 0.717) is 17.9 Å². The minimum atomic E-state index is -3.83. The van der Waals surface area contributed by atoms with Gasteiger partial charge in [-0.1, -0.05) is 18.2 Å². The third kappa shape index (κ3) is 3.17. The van der Waals surface area contributed by atoms with Crippen molar-refractivity contribution >= 4 is 16.0 Å². The minimum Gasteiger partial charge on any atom is -0.480 e. The largest absolute Gasteiger partial charge is 0.480 e. The quantitative estimate of drug-likeness (QED) is 0.820. The zero-order valence-electron chi connectivity index (χ0n) is 14.0. The number of carbonyl (C=O) groups is 1. The van der Waals surface area contributed by atoms with Crippen molar-refractivity contribution in [2.75, 3.05) is 19.6 Å². The first-order chi connectivity index (χ1) is 11.8. The van der Waals surface area contributed by atoms with Crippen LogP contribution in [0.15, 0.2) is 35.2 Å². The van der Waals surface area contributed by atoms with Gasteiger partial charge < -0.3 is 10.4 Å². The highest BCUT2D eigenvalue weighted by Gasteiger charge is 2.36. The zero-order chi connectivity index (χ0) is 18.2. The molecule has 0 amide bonds. The molecule has 1 aromatic carbocycles. The van der Waals surface area contributed by atoms with Crippen LogP contribution in [0.2, 0.25) is 0 Å². The van der Waals surface area contributed by atoms with Crippen LogP contribution < -0.4 is 5.32 Å². The van der Waals surface area contributed by atoms with Crippen LogP contribution >= 0.6 is 0 Å². The van der Waals surface area contributed by atoms with Crippen LogP contribution in [-0.2, 0) is 14.8 Å². The molecule has 1 saturated heterocycles. The fourth-order valence-corrected chi connectivity index (χ4v) is 4.87. The number of nitrogens with zero attached hydrogens (tertiary/aromatic N) is 3. The summed E-state index contributed by atoms with van der Waals surface area (Å²) >= 11 is 0. The molecule has 2 aromatic rings. The molecule has 9 heteroatoms. The second kappa shape index (κ2) is 6.58. The third-order valence-electron chi connectivity index (χ3n) is 4.26. The Bertz CT molecular complexity index is 892. The Kier molecular flexibility index (Phi) is 4.63. The van der Waals surface area contributed by atoms with Crippen LogP contribution in [0.5, 0.6) is 0 Å². The SMILES string of the molecule is Cc1nn(-c2ccccc2)c(C)c1S(=O)(=O)N1CCN[C@@H](C(=O)O)C1. The van der Waals surface area contributed by atoms with Gasteiger partial charge in [-0.15, -0.1) is 0 Å². The van der Waals surface area contributed by atoms with E-state index >= 15 is 0 Å². The number of hydrogen-bond acceptors (Lipinski definition) is 5. The second-order valence-electron chi connectivity index (χ2n) is 5.96. The van der Waals surface area contributed by atoms with E-state index in [-0.39, 0.29) is 18.0 Å². The molecule has 25 heavy (non-hydrogen) atoms. The summed E-state index contributed by atoms with van der Waals surface area (Å²) in [6.45, 7) is 3.77. The Balaban J connectivity index is 2.01. The number of carboxylic acid groups (broad SMARTS) is 1. The molecule has 0 aliphatic carbocycles. The first-order valence-corrected chi connectivity index (χ1v) is 9.34.